The fraction of sp³-hybridized carbons (Fsp3) is 0.250. The van der Waals surface area contributed by atoms with Crippen LogP contribution in [0, 0.1) is 13.8 Å². The molecule has 0 bridgehead atoms. The van der Waals surface area contributed by atoms with Gasteiger partial charge >= 0.3 is 5.97 Å². The molecule has 0 fully saturated rings. The maximum Gasteiger partial charge on any atom is 0.339 e. The molecule has 5 nitrogen and oxygen atoms in total. The molecule has 0 unspecified atom stereocenters. The van der Waals surface area contributed by atoms with Crippen molar-refractivity contribution in [3.05, 3.63) is 94.4 Å². The van der Waals surface area contributed by atoms with E-state index >= 15 is 0 Å². The SMILES string of the molecule is Cc1cc(C(=O)COC(=O)c2c3c(nc4ccccc24)CCCC3)c(C)n1-c1ccccc1. The van der Waals surface area contributed by atoms with Crippen LogP contribution in [0.25, 0.3) is 16.6 Å². The van der Waals surface area contributed by atoms with E-state index in [1.165, 1.54) is 0 Å². The second kappa shape index (κ2) is 8.66. The average molecular weight is 439 g/mol. The zero-order chi connectivity index (χ0) is 22.9. The van der Waals surface area contributed by atoms with Crippen molar-refractivity contribution in [2.45, 2.75) is 39.5 Å². The van der Waals surface area contributed by atoms with Crippen molar-refractivity contribution < 1.29 is 14.3 Å². The molecule has 5 rings (SSSR count). The van der Waals surface area contributed by atoms with Gasteiger partial charge < -0.3 is 9.30 Å². The van der Waals surface area contributed by atoms with Crippen LogP contribution < -0.4 is 0 Å². The van der Waals surface area contributed by atoms with Gasteiger partial charge in [0.05, 0.1) is 11.1 Å². The smallest absolute Gasteiger partial charge is 0.339 e. The standard InChI is InChI=1S/C28H26N2O3/c1-18-16-23(19(2)30(18)20-10-4-3-5-11-20)26(31)17-33-28(32)27-21-12-6-8-14-24(21)29-25-15-9-7-13-22(25)27/h3-6,8,10-12,14,16H,7,9,13,15,17H2,1-2H3. The van der Waals surface area contributed by atoms with Gasteiger partial charge in [0, 0.05) is 33.7 Å². The Kier molecular flexibility index (Phi) is 5.55. The van der Waals surface area contributed by atoms with Crippen molar-refractivity contribution in [3.63, 3.8) is 0 Å². The van der Waals surface area contributed by atoms with Crippen LogP contribution in [-0.2, 0) is 17.6 Å². The molecule has 1 aliphatic carbocycles. The highest BCUT2D eigenvalue weighted by Crippen LogP contribution is 2.30. The minimum Gasteiger partial charge on any atom is -0.454 e. The molecule has 2 aromatic heterocycles. The maximum atomic E-state index is 13.2. The van der Waals surface area contributed by atoms with Crippen molar-refractivity contribution in [3.8, 4) is 5.69 Å². The van der Waals surface area contributed by atoms with Gasteiger partial charge in [-0.25, -0.2) is 4.79 Å². The number of aromatic nitrogens is 2. The van der Waals surface area contributed by atoms with Crippen molar-refractivity contribution in [1.82, 2.24) is 9.55 Å². The van der Waals surface area contributed by atoms with Crippen LogP contribution in [0.1, 0.15) is 56.2 Å². The number of fused-ring (bicyclic) bond motifs is 2. The van der Waals surface area contributed by atoms with Gasteiger partial charge in [-0.1, -0.05) is 36.4 Å². The van der Waals surface area contributed by atoms with E-state index in [1.807, 2.05) is 79.1 Å². The number of pyridine rings is 1. The molecular formula is C28H26N2O3. The Hall–Kier alpha value is -3.73. The minimum absolute atomic E-state index is 0.203. The molecule has 0 spiro atoms. The lowest BCUT2D eigenvalue weighted by atomic mass is 9.90. The first-order valence-electron chi connectivity index (χ1n) is 11.4. The van der Waals surface area contributed by atoms with Crippen LogP contribution in [0.5, 0.6) is 0 Å². The van der Waals surface area contributed by atoms with Crippen LogP contribution in [0.3, 0.4) is 0 Å². The third-order valence-corrected chi connectivity index (χ3v) is 6.45. The van der Waals surface area contributed by atoms with Gasteiger partial charge in [0.25, 0.3) is 0 Å². The summed E-state index contributed by atoms with van der Waals surface area (Å²) in [5, 5.41) is 0.790. The van der Waals surface area contributed by atoms with Gasteiger partial charge in [0.2, 0.25) is 5.78 Å². The van der Waals surface area contributed by atoms with Gasteiger partial charge in [0.15, 0.2) is 6.61 Å². The van der Waals surface area contributed by atoms with Crippen LogP contribution in [0.2, 0.25) is 0 Å². The van der Waals surface area contributed by atoms with Crippen LogP contribution in [0.15, 0.2) is 60.7 Å². The number of carbonyl (C=O) groups excluding carboxylic acids is 2. The zero-order valence-electron chi connectivity index (χ0n) is 18.9. The summed E-state index contributed by atoms with van der Waals surface area (Å²) in [5.74, 6) is -0.650. The quantitative estimate of drug-likeness (QED) is 0.302. The number of aryl methyl sites for hydroxylation is 2. The average Bonchev–Trinajstić information content (AvgIpc) is 3.15. The highest BCUT2D eigenvalue weighted by atomic mass is 16.5. The Bertz CT molecular complexity index is 1370. The summed E-state index contributed by atoms with van der Waals surface area (Å²) < 4.78 is 7.65. The number of hydrogen-bond acceptors (Lipinski definition) is 4. The van der Waals surface area contributed by atoms with Crippen molar-refractivity contribution in [2.24, 2.45) is 0 Å². The van der Waals surface area contributed by atoms with E-state index in [1.54, 1.807) is 0 Å². The summed E-state index contributed by atoms with van der Waals surface area (Å²) in [6.07, 6.45) is 3.77. The third kappa shape index (κ3) is 3.84. The first-order valence-corrected chi connectivity index (χ1v) is 11.4. The highest BCUT2D eigenvalue weighted by molar-refractivity contribution is 6.06. The number of esters is 1. The van der Waals surface area contributed by atoms with E-state index in [0.29, 0.717) is 11.1 Å². The summed E-state index contributed by atoms with van der Waals surface area (Å²) in [7, 11) is 0. The van der Waals surface area contributed by atoms with Gasteiger partial charge in [-0.05, 0) is 69.4 Å². The number of Topliss-reactive ketones (excluding diaryl/α,β-unsaturated/α-hetero) is 1. The fourth-order valence-electron chi connectivity index (χ4n) is 4.91. The Morgan fingerprint density at radius 2 is 1.70 bits per heavy atom. The van der Waals surface area contributed by atoms with Gasteiger partial charge in [-0.2, -0.15) is 0 Å². The van der Waals surface area contributed by atoms with E-state index < -0.39 is 5.97 Å². The topological polar surface area (TPSA) is 61.2 Å². The van der Waals surface area contributed by atoms with E-state index in [2.05, 4.69) is 0 Å². The summed E-state index contributed by atoms with van der Waals surface area (Å²) in [5.41, 5.74) is 6.68. The molecule has 1 aliphatic rings. The van der Waals surface area contributed by atoms with E-state index in [0.717, 1.165) is 64.9 Å². The van der Waals surface area contributed by atoms with Crippen LogP contribution in [-0.4, -0.2) is 27.9 Å². The molecule has 2 heterocycles. The van der Waals surface area contributed by atoms with Crippen LogP contribution >= 0.6 is 0 Å². The van der Waals surface area contributed by atoms with Crippen molar-refractivity contribution >= 4 is 22.7 Å². The predicted molar refractivity (Wildman–Crippen MR) is 128 cm³/mol. The monoisotopic (exact) mass is 438 g/mol. The molecular weight excluding hydrogens is 412 g/mol. The molecule has 0 N–H and O–H groups in total. The van der Waals surface area contributed by atoms with Gasteiger partial charge in [-0.3, -0.25) is 9.78 Å². The summed E-state index contributed by atoms with van der Waals surface area (Å²) in [6.45, 7) is 3.60. The summed E-state index contributed by atoms with van der Waals surface area (Å²) in [4.78, 5) is 31.1. The van der Waals surface area contributed by atoms with E-state index in [-0.39, 0.29) is 12.4 Å². The Balaban J connectivity index is 1.42. The molecule has 5 heteroatoms. The number of para-hydroxylation sites is 2. The molecule has 0 saturated carbocycles. The number of benzene rings is 2. The molecule has 0 amide bonds. The second-order valence-electron chi connectivity index (χ2n) is 8.59. The lowest BCUT2D eigenvalue weighted by Crippen LogP contribution is -2.19. The Morgan fingerprint density at radius 3 is 2.52 bits per heavy atom. The molecule has 4 aromatic rings. The molecule has 0 saturated heterocycles. The summed E-state index contributed by atoms with van der Waals surface area (Å²) >= 11 is 0. The lowest BCUT2D eigenvalue weighted by Gasteiger charge is -2.19. The Morgan fingerprint density at radius 1 is 0.970 bits per heavy atom. The molecule has 166 valence electrons. The molecule has 0 aliphatic heterocycles. The number of ketones is 1. The van der Waals surface area contributed by atoms with E-state index in [9.17, 15) is 9.59 Å². The van der Waals surface area contributed by atoms with Crippen molar-refractivity contribution in [1.29, 1.82) is 0 Å². The second-order valence-corrected chi connectivity index (χ2v) is 8.59. The molecule has 0 atom stereocenters. The number of hydrogen-bond donors (Lipinski definition) is 0. The highest BCUT2D eigenvalue weighted by Gasteiger charge is 2.25. The first kappa shape index (κ1) is 21.1. The van der Waals surface area contributed by atoms with Crippen LogP contribution in [0.4, 0.5) is 0 Å². The van der Waals surface area contributed by atoms with Gasteiger partial charge in [0.1, 0.15) is 0 Å². The molecule has 2 aromatic carbocycles. The fourth-order valence-corrected chi connectivity index (χ4v) is 4.91. The first-order chi connectivity index (χ1) is 16.0. The summed E-state index contributed by atoms with van der Waals surface area (Å²) in [6, 6.07) is 19.4. The Labute approximate surface area is 193 Å². The van der Waals surface area contributed by atoms with E-state index in [4.69, 9.17) is 9.72 Å². The predicted octanol–water partition coefficient (Wildman–Crippen LogP) is 5.56. The zero-order valence-corrected chi connectivity index (χ0v) is 18.9. The maximum absolute atomic E-state index is 13.2. The number of ether oxygens (including phenoxy) is 1. The normalized spacial score (nSPS) is 13.0. The third-order valence-electron chi connectivity index (χ3n) is 6.45. The minimum atomic E-state index is -0.447. The number of rotatable bonds is 5. The van der Waals surface area contributed by atoms with Gasteiger partial charge in [-0.15, -0.1) is 0 Å². The van der Waals surface area contributed by atoms with Crippen molar-refractivity contribution in [2.75, 3.05) is 6.61 Å². The number of nitrogens with zero attached hydrogens (tertiary/aromatic N) is 2. The lowest BCUT2D eigenvalue weighted by molar-refractivity contribution is 0.0475. The molecule has 33 heavy (non-hydrogen) atoms. The largest absolute Gasteiger partial charge is 0.454 e. The molecule has 0 radical (unpaired) electrons. The number of carbonyl (C=O) groups is 2.